The predicted octanol–water partition coefficient (Wildman–Crippen LogP) is 11.8. The van der Waals surface area contributed by atoms with Gasteiger partial charge in [0.15, 0.2) is 0 Å². The molecule has 2 aromatic heterocycles. The Hall–Kier alpha value is -7.42. The van der Waals surface area contributed by atoms with E-state index < -0.39 is 5.97 Å². The molecule has 0 radical (unpaired) electrons. The van der Waals surface area contributed by atoms with Crippen LogP contribution in [0.5, 0.6) is 5.75 Å². The first-order valence-electron chi connectivity index (χ1n) is 19.3. The summed E-state index contributed by atoms with van der Waals surface area (Å²) in [4.78, 5) is 13.0. The van der Waals surface area contributed by atoms with Crippen molar-refractivity contribution in [1.82, 2.24) is 20.4 Å². The summed E-state index contributed by atoms with van der Waals surface area (Å²) in [7, 11) is 0. The molecular formula is C50H37ClN6O2. The summed E-state index contributed by atoms with van der Waals surface area (Å²) in [6.45, 7) is 2.62. The number of esters is 1. The molecule has 0 saturated heterocycles. The number of aromatic nitrogens is 4. The van der Waals surface area contributed by atoms with E-state index in [-0.39, 0.29) is 6.54 Å². The van der Waals surface area contributed by atoms with Gasteiger partial charge in [0, 0.05) is 50.9 Å². The Labute approximate surface area is 346 Å². The van der Waals surface area contributed by atoms with E-state index in [9.17, 15) is 4.79 Å². The van der Waals surface area contributed by atoms with Crippen molar-refractivity contribution in [2.75, 3.05) is 17.2 Å². The number of aryl methyl sites for hydroxylation is 1. The van der Waals surface area contributed by atoms with Crippen LogP contribution in [0.2, 0.25) is 5.02 Å². The van der Waals surface area contributed by atoms with E-state index in [1.807, 2.05) is 115 Å². The van der Waals surface area contributed by atoms with Gasteiger partial charge in [0.2, 0.25) is 0 Å². The van der Waals surface area contributed by atoms with Gasteiger partial charge in [-0.1, -0.05) is 139 Å². The molecule has 9 aromatic rings. The van der Waals surface area contributed by atoms with E-state index in [0.717, 1.165) is 83.6 Å². The summed E-state index contributed by atoms with van der Waals surface area (Å²) in [5.41, 5.74) is 12.8. The van der Waals surface area contributed by atoms with Crippen LogP contribution in [0.25, 0.3) is 66.6 Å². The highest BCUT2D eigenvalue weighted by atomic mass is 35.5. The maximum absolute atomic E-state index is 13.0. The van der Waals surface area contributed by atoms with Crippen LogP contribution in [0.15, 0.2) is 170 Å². The normalized spacial score (nSPS) is 11.1. The number of halogens is 1. The molecule has 0 unspecified atom stereocenters. The Morgan fingerprint density at radius 3 is 1.69 bits per heavy atom. The SMILES string of the molecule is Cc1cccc2c(-c3cccc(NCc4ccc(OC(=O)CNc5cccc(-c6c(-c7ccccc7)nnc7c(Cl)cccc67)c5)cc4)c3)c(-c3ccccc3)nnc12. The third kappa shape index (κ3) is 7.94. The molecule has 9 heteroatoms. The molecule has 2 N–H and O–H groups in total. The number of nitrogens with zero attached hydrogens (tertiary/aromatic N) is 4. The molecule has 9 rings (SSSR count). The van der Waals surface area contributed by atoms with Crippen molar-refractivity contribution in [3.63, 3.8) is 0 Å². The van der Waals surface area contributed by atoms with Gasteiger partial charge in [-0.25, -0.2) is 4.79 Å². The number of carbonyl (C=O) groups excluding carboxylic acids is 1. The van der Waals surface area contributed by atoms with Crippen LogP contribution in [0.4, 0.5) is 11.4 Å². The topological polar surface area (TPSA) is 102 Å². The number of anilines is 2. The number of ether oxygens (including phenoxy) is 1. The van der Waals surface area contributed by atoms with Crippen molar-refractivity contribution in [2.45, 2.75) is 13.5 Å². The average Bonchev–Trinajstić information content (AvgIpc) is 3.28. The van der Waals surface area contributed by atoms with Crippen LogP contribution in [0.3, 0.4) is 0 Å². The maximum Gasteiger partial charge on any atom is 0.330 e. The summed E-state index contributed by atoms with van der Waals surface area (Å²) in [5, 5.41) is 27.7. The van der Waals surface area contributed by atoms with Gasteiger partial charge in [-0.2, -0.15) is 0 Å². The van der Waals surface area contributed by atoms with E-state index in [4.69, 9.17) is 21.4 Å². The number of carbonyl (C=O) groups is 1. The zero-order valence-corrected chi connectivity index (χ0v) is 32.8. The first kappa shape index (κ1) is 37.2. The third-order valence-electron chi connectivity index (χ3n) is 10.2. The van der Waals surface area contributed by atoms with E-state index in [1.165, 1.54) is 0 Å². The Bertz CT molecular complexity index is 2960. The van der Waals surface area contributed by atoms with Gasteiger partial charge in [-0.3, -0.25) is 0 Å². The van der Waals surface area contributed by atoms with Gasteiger partial charge in [-0.05, 0) is 71.6 Å². The highest BCUT2D eigenvalue weighted by Crippen LogP contribution is 2.39. The summed E-state index contributed by atoms with van der Waals surface area (Å²) in [5.74, 6) is 0.0601. The lowest BCUT2D eigenvalue weighted by atomic mass is 9.94. The first-order chi connectivity index (χ1) is 29.0. The molecule has 0 saturated carbocycles. The zero-order chi connectivity index (χ0) is 40.1. The first-order valence-corrected chi connectivity index (χ1v) is 19.7. The van der Waals surface area contributed by atoms with Crippen LogP contribution in [-0.2, 0) is 11.3 Å². The summed E-state index contributed by atoms with van der Waals surface area (Å²) in [6, 6.07) is 55.9. The lowest BCUT2D eigenvalue weighted by Gasteiger charge is -2.15. The van der Waals surface area contributed by atoms with Gasteiger partial charge in [0.25, 0.3) is 0 Å². The summed E-state index contributed by atoms with van der Waals surface area (Å²) in [6.07, 6.45) is 0. The maximum atomic E-state index is 13.0. The van der Waals surface area contributed by atoms with Gasteiger partial charge in [0.1, 0.15) is 29.2 Å². The molecule has 286 valence electrons. The molecule has 59 heavy (non-hydrogen) atoms. The van der Waals surface area contributed by atoms with E-state index >= 15 is 0 Å². The van der Waals surface area contributed by atoms with Crippen LogP contribution in [0.1, 0.15) is 11.1 Å². The molecule has 7 aromatic carbocycles. The van der Waals surface area contributed by atoms with Crippen LogP contribution >= 0.6 is 11.6 Å². The number of rotatable bonds is 11. The molecule has 0 aliphatic heterocycles. The van der Waals surface area contributed by atoms with E-state index in [0.29, 0.717) is 22.8 Å². The number of nitrogens with one attached hydrogen (secondary N) is 2. The van der Waals surface area contributed by atoms with Crippen molar-refractivity contribution in [3.05, 3.63) is 186 Å². The second-order valence-corrected chi connectivity index (χ2v) is 14.6. The van der Waals surface area contributed by atoms with E-state index in [2.05, 4.69) is 87.5 Å². The highest BCUT2D eigenvalue weighted by molar-refractivity contribution is 6.35. The van der Waals surface area contributed by atoms with Crippen molar-refractivity contribution in [3.8, 4) is 50.5 Å². The Morgan fingerprint density at radius 1 is 0.542 bits per heavy atom. The molecular weight excluding hydrogens is 752 g/mol. The fourth-order valence-corrected chi connectivity index (χ4v) is 7.55. The van der Waals surface area contributed by atoms with Crippen molar-refractivity contribution < 1.29 is 9.53 Å². The van der Waals surface area contributed by atoms with Crippen molar-refractivity contribution in [2.24, 2.45) is 0 Å². The van der Waals surface area contributed by atoms with Crippen molar-refractivity contribution >= 4 is 50.8 Å². The van der Waals surface area contributed by atoms with E-state index in [1.54, 1.807) is 0 Å². The Kier molecular flexibility index (Phi) is 10.5. The Balaban J connectivity index is 0.866. The highest BCUT2D eigenvalue weighted by Gasteiger charge is 2.18. The van der Waals surface area contributed by atoms with Crippen LogP contribution < -0.4 is 15.4 Å². The predicted molar refractivity (Wildman–Crippen MR) is 238 cm³/mol. The minimum atomic E-state index is -0.408. The molecule has 0 atom stereocenters. The molecule has 0 fully saturated rings. The summed E-state index contributed by atoms with van der Waals surface area (Å²) >= 11 is 6.54. The third-order valence-corrected chi connectivity index (χ3v) is 10.5. The van der Waals surface area contributed by atoms with Gasteiger partial charge in [-0.15, -0.1) is 20.4 Å². The number of hydrogen-bond acceptors (Lipinski definition) is 8. The van der Waals surface area contributed by atoms with Gasteiger partial charge >= 0.3 is 5.97 Å². The molecule has 0 bridgehead atoms. The fourth-order valence-electron chi connectivity index (χ4n) is 7.34. The minimum absolute atomic E-state index is 0.0242. The lowest BCUT2D eigenvalue weighted by molar-refractivity contribution is -0.132. The number of fused-ring (bicyclic) bond motifs is 2. The standard InChI is InChI=1S/C50H37ClN6O2/c1-32-12-8-21-41-45(48(55-54-47(32)41)34-13-4-2-5-14-34)36-17-9-19-38(28-36)52-30-33-24-26-40(27-25-33)59-44(58)31-53-39-20-10-18-37(29-39)46-42-22-11-23-43(51)50(42)57-56-49(46)35-15-6-3-7-16-35/h2-29,52-53H,30-31H2,1H3. The average molecular weight is 789 g/mol. The van der Waals surface area contributed by atoms with Crippen molar-refractivity contribution in [1.29, 1.82) is 0 Å². The van der Waals surface area contributed by atoms with Gasteiger partial charge < -0.3 is 15.4 Å². The van der Waals surface area contributed by atoms with Crippen LogP contribution in [0, 0.1) is 6.92 Å². The Morgan fingerprint density at radius 2 is 1.07 bits per heavy atom. The molecule has 0 spiro atoms. The molecule has 0 aliphatic carbocycles. The minimum Gasteiger partial charge on any atom is -0.425 e. The second-order valence-electron chi connectivity index (χ2n) is 14.2. The molecule has 0 amide bonds. The zero-order valence-electron chi connectivity index (χ0n) is 32.1. The number of hydrogen-bond donors (Lipinski definition) is 2. The van der Waals surface area contributed by atoms with Gasteiger partial charge in [0.05, 0.1) is 10.5 Å². The fraction of sp³-hybridized carbons (Fsp3) is 0.0600. The molecule has 0 aliphatic rings. The second kappa shape index (κ2) is 16.6. The summed E-state index contributed by atoms with van der Waals surface area (Å²) < 4.78 is 5.71. The largest absolute Gasteiger partial charge is 0.425 e. The quantitative estimate of drug-likeness (QED) is 0.0987. The monoisotopic (exact) mass is 788 g/mol. The van der Waals surface area contributed by atoms with Crippen LogP contribution in [-0.4, -0.2) is 32.9 Å². The smallest absolute Gasteiger partial charge is 0.330 e. The lowest BCUT2D eigenvalue weighted by Crippen LogP contribution is -2.19. The molecule has 2 heterocycles. The molecule has 8 nitrogen and oxygen atoms in total. The number of benzene rings is 7.